The molecule has 0 aliphatic carbocycles. The third kappa shape index (κ3) is 4.33. The summed E-state index contributed by atoms with van der Waals surface area (Å²) in [5.74, 6) is 4.54. The second-order valence-electron chi connectivity index (χ2n) is 5.19. The number of carbonyl (C=O) groups excluding carboxylic acids is 1. The van der Waals surface area contributed by atoms with E-state index < -0.39 is 10.0 Å². The lowest BCUT2D eigenvalue weighted by Gasteiger charge is -2.17. The van der Waals surface area contributed by atoms with Crippen LogP contribution in [0.15, 0.2) is 24.3 Å². The van der Waals surface area contributed by atoms with Gasteiger partial charge in [-0.1, -0.05) is 30.2 Å². The van der Waals surface area contributed by atoms with Gasteiger partial charge in [0.2, 0.25) is 10.0 Å². The topological polar surface area (TPSA) is 66.5 Å². The number of nitrogens with zero attached hydrogens (tertiary/aromatic N) is 1. The molecule has 0 unspecified atom stereocenters. The van der Waals surface area contributed by atoms with Crippen LogP contribution in [0.4, 0.5) is 0 Å². The maximum absolute atomic E-state index is 12.4. The summed E-state index contributed by atoms with van der Waals surface area (Å²) in [6, 6.07) is 7.26. The Morgan fingerprint density at radius 2 is 1.86 bits per heavy atom. The summed E-state index contributed by atoms with van der Waals surface area (Å²) in [5.41, 5.74) is 1.52. The van der Waals surface area contributed by atoms with Crippen LogP contribution < -0.4 is 5.32 Å². The standard InChI is InChI=1S/C16H20N2O3S/c1-2-7-16(19)17-12-14-8-3-4-9-15(14)13-22(20,21)18-10-5-6-11-18/h3-4,8-9H,5-6,10-13H2,1H3,(H,17,19). The first kappa shape index (κ1) is 16.5. The fourth-order valence-electron chi connectivity index (χ4n) is 2.46. The highest BCUT2D eigenvalue weighted by atomic mass is 32.2. The van der Waals surface area contributed by atoms with Crippen LogP contribution in [0.1, 0.15) is 30.9 Å². The van der Waals surface area contributed by atoms with E-state index in [9.17, 15) is 13.2 Å². The molecule has 1 heterocycles. The largest absolute Gasteiger partial charge is 0.341 e. The molecule has 1 aliphatic rings. The minimum absolute atomic E-state index is 0.0293. The number of hydrogen-bond acceptors (Lipinski definition) is 3. The smallest absolute Gasteiger partial charge is 0.296 e. The molecule has 1 N–H and O–H groups in total. The molecule has 1 saturated heterocycles. The van der Waals surface area contributed by atoms with Crippen LogP contribution in [0.2, 0.25) is 0 Å². The monoisotopic (exact) mass is 320 g/mol. The molecule has 2 rings (SSSR count). The van der Waals surface area contributed by atoms with E-state index in [0.29, 0.717) is 13.1 Å². The van der Waals surface area contributed by atoms with E-state index in [4.69, 9.17) is 0 Å². The molecule has 0 saturated carbocycles. The average molecular weight is 320 g/mol. The highest BCUT2D eigenvalue weighted by molar-refractivity contribution is 7.88. The van der Waals surface area contributed by atoms with Crippen molar-refractivity contribution in [3.8, 4) is 11.8 Å². The molecule has 1 amide bonds. The zero-order valence-corrected chi connectivity index (χ0v) is 13.4. The lowest BCUT2D eigenvalue weighted by molar-refractivity contribution is -0.115. The Bertz CT molecular complexity index is 696. The first-order valence-corrected chi connectivity index (χ1v) is 8.89. The maximum atomic E-state index is 12.4. The lowest BCUT2D eigenvalue weighted by atomic mass is 10.1. The van der Waals surface area contributed by atoms with Crippen molar-refractivity contribution in [1.82, 2.24) is 9.62 Å². The van der Waals surface area contributed by atoms with E-state index >= 15 is 0 Å². The number of amides is 1. The van der Waals surface area contributed by atoms with Gasteiger partial charge in [0.15, 0.2) is 0 Å². The van der Waals surface area contributed by atoms with Gasteiger partial charge in [-0.3, -0.25) is 4.79 Å². The Labute approximate surface area is 131 Å². The summed E-state index contributed by atoms with van der Waals surface area (Å²) in [6.45, 7) is 3.08. The number of nitrogens with one attached hydrogen (secondary N) is 1. The van der Waals surface area contributed by atoms with Crippen LogP contribution in [0, 0.1) is 11.8 Å². The molecule has 22 heavy (non-hydrogen) atoms. The molecule has 1 aliphatic heterocycles. The van der Waals surface area contributed by atoms with E-state index in [2.05, 4.69) is 17.2 Å². The van der Waals surface area contributed by atoms with E-state index in [1.54, 1.807) is 17.3 Å². The van der Waals surface area contributed by atoms with Crippen molar-refractivity contribution in [3.63, 3.8) is 0 Å². The van der Waals surface area contributed by atoms with Gasteiger partial charge in [-0.15, -0.1) is 0 Å². The van der Waals surface area contributed by atoms with Gasteiger partial charge in [0.05, 0.1) is 5.75 Å². The molecule has 0 spiro atoms. The van der Waals surface area contributed by atoms with Gasteiger partial charge in [-0.25, -0.2) is 12.7 Å². The number of sulfonamides is 1. The number of hydrogen-bond donors (Lipinski definition) is 1. The van der Waals surface area contributed by atoms with Gasteiger partial charge >= 0.3 is 0 Å². The van der Waals surface area contributed by atoms with Crippen LogP contribution >= 0.6 is 0 Å². The molecule has 1 fully saturated rings. The van der Waals surface area contributed by atoms with Crippen molar-refractivity contribution >= 4 is 15.9 Å². The van der Waals surface area contributed by atoms with Gasteiger partial charge < -0.3 is 5.32 Å². The Morgan fingerprint density at radius 3 is 2.50 bits per heavy atom. The van der Waals surface area contributed by atoms with Gasteiger partial charge in [0.25, 0.3) is 5.91 Å². The van der Waals surface area contributed by atoms with Crippen molar-refractivity contribution in [2.45, 2.75) is 32.1 Å². The summed E-state index contributed by atoms with van der Waals surface area (Å²) in [4.78, 5) is 11.4. The fraction of sp³-hybridized carbons (Fsp3) is 0.438. The molecule has 1 aromatic carbocycles. The van der Waals surface area contributed by atoms with E-state index in [-0.39, 0.29) is 18.2 Å². The molecule has 118 valence electrons. The summed E-state index contributed by atoms with van der Waals surface area (Å²) < 4.78 is 26.4. The quantitative estimate of drug-likeness (QED) is 0.831. The van der Waals surface area contributed by atoms with Crippen molar-refractivity contribution < 1.29 is 13.2 Å². The third-order valence-electron chi connectivity index (χ3n) is 3.59. The summed E-state index contributed by atoms with van der Waals surface area (Å²) >= 11 is 0. The number of benzene rings is 1. The maximum Gasteiger partial charge on any atom is 0.296 e. The summed E-state index contributed by atoms with van der Waals surface area (Å²) in [6.07, 6.45) is 1.85. The Kier molecular flexibility index (Phi) is 5.58. The predicted octanol–water partition coefficient (Wildman–Crippen LogP) is 1.25. The van der Waals surface area contributed by atoms with E-state index in [0.717, 1.165) is 24.0 Å². The number of carbonyl (C=O) groups is 1. The van der Waals surface area contributed by atoms with Crippen LogP contribution in [0.5, 0.6) is 0 Å². The van der Waals surface area contributed by atoms with Crippen LogP contribution in [-0.4, -0.2) is 31.7 Å². The molecule has 0 bridgehead atoms. The SMILES string of the molecule is CC#CC(=O)NCc1ccccc1CS(=O)(=O)N1CCCC1. The van der Waals surface area contributed by atoms with Crippen molar-refractivity contribution in [2.75, 3.05) is 13.1 Å². The molecule has 0 radical (unpaired) electrons. The Morgan fingerprint density at radius 1 is 1.23 bits per heavy atom. The van der Waals surface area contributed by atoms with Crippen molar-refractivity contribution in [1.29, 1.82) is 0 Å². The molecular weight excluding hydrogens is 300 g/mol. The van der Waals surface area contributed by atoms with Gasteiger partial charge in [-0.2, -0.15) is 0 Å². The van der Waals surface area contributed by atoms with E-state index in [1.807, 2.05) is 18.2 Å². The third-order valence-corrected chi connectivity index (χ3v) is 5.42. The van der Waals surface area contributed by atoms with Gasteiger partial charge in [0.1, 0.15) is 0 Å². The van der Waals surface area contributed by atoms with Crippen LogP contribution in [-0.2, 0) is 27.1 Å². The highest BCUT2D eigenvalue weighted by Gasteiger charge is 2.26. The van der Waals surface area contributed by atoms with Gasteiger partial charge in [-0.05, 0) is 36.8 Å². The molecular formula is C16H20N2O3S. The minimum atomic E-state index is -3.29. The minimum Gasteiger partial charge on any atom is -0.341 e. The molecule has 6 heteroatoms. The Balaban J connectivity index is 2.10. The second-order valence-corrected chi connectivity index (χ2v) is 7.16. The number of rotatable bonds is 5. The highest BCUT2D eigenvalue weighted by Crippen LogP contribution is 2.19. The normalized spacial score (nSPS) is 15.1. The van der Waals surface area contributed by atoms with Crippen LogP contribution in [0.3, 0.4) is 0 Å². The first-order valence-electron chi connectivity index (χ1n) is 7.28. The summed E-state index contributed by atoms with van der Waals surface area (Å²) in [5, 5.41) is 2.67. The molecule has 0 aromatic heterocycles. The molecule has 5 nitrogen and oxygen atoms in total. The second kappa shape index (κ2) is 7.43. The lowest BCUT2D eigenvalue weighted by Crippen LogP contribution is -2.29. The zero-order valence-electron chi connectivity index (χ0n) is 12.6. The molecule has 1 aromatic rings. The van der Waals surface area contributed by atoms with E-state index in [1.165, 1.54) is 0 Å². The van der Waals surface area contributed by atoms with Crippen LogP contribution in [0.25, 0.3) is 0 Å². The fourth-order valence-corrected chi connectivity index (χ4v) is 4.13. The Hall–Kier alpha value is -1.84. The van der Waals surface area contributed by atoms with Crippen molar-refractivity contribution in [3.05, 3.63) is 35.4 Å². The zero-order chi connectivity index (χ0) is 16.0. The van der Waals surface area contributed by atoms with Crippen molar-refractivity contribution in [2.24, 2.45) is 0 Å². The first-order chi connectivity index (χ1) is 10.5. The molecule has 0 atom stereocenters. The average Bonchev–Trinajstić information content (AvgIpc) is 3.01. The summed E-state index contributed by atoms with van der Waals surface area (Å²) in [7, 11) is -3.29. The predicted molar refractivity (Wildman–Crippen MR) is 85.2 cm³/mol. The van der Waals surface area contributed by atoms with Gasteiger partial charge in [0, 0.05) is 19.6 Å².